The van der Waals surface area contributed by atoms with Gasteiger partial charge in [0.1, 0.15) is 16.5 Å². The van der Waals surface area contributed by atoms with E-state index in [-0.39, 0.29) is 12.6 Å². The van der Waals surface area contributed by atoms with Crippen molar-refractivity contribution in [3.63, 3.8) is 0 Å². The molecule has 1 aromatic carbocycles. The summed E-state index contributed by atoms with van der Waals surface area (Å²) in [7, 11) is 0. The Kier molecular flexibility index (Phi) is 5.93. The van der Waals surface area contributed by atoms with Crippen molar-refractivity contribution in [1.82, 2.24) is 9.97 Å². The number of thioether (sulfide) groups is 1. The lowest BCUT2D eigenvalue weighted by atomic mass is 10.2. The number of rotatable bonds is 7. The first-order chi connectivity index (χ1) is 12.1. The Labute approximate surface area is 156 Å². The molecular formula is C19H23N3OS2. The number of benzene rings is 1. The summed E-state index contributed by atoms with van der Waals surface area (Å²) in [5.41, 5.74) is 1.22. The molecule has 0 radical (unpaired) electrons. The Hall–Kier alpha value is -1.63. The van der Waals surface area contributed by atoms with Gasteiger partial charge in [0, 0.05) is 9.77 Å². The number of aromatic nitrogens is 2. The van der Waals surface area contributed by atoms with Crippen molar-refractivity contribution in [2.75, 3.05) is 11.9 Å². The van der Waals surface area contributed by atoms with E-state index >= 15 is 0 Å². The van der Waals surface area contributed by atoms with Crippen LogP contribution in [-0.2, 0) is 5.75 Å². The van der Waals surface area contributed by atoms with Gasteiger partial charge in [0.15, 0.2) is 0 Å². The average molecular weight is 374 g/mol. The number of aryl methyl sites for hydroxylation is 2. The predicted molar refractivity (Wildman–Crippen MR) is 108 cm³/mol. The van der Waals surface area contributed by atoms with Crippen LogP contribution < -0.4 is 5.32 Å². The van der Waals surface area contributed by atoms with Gasteiger partial charge in [0.05, 0.1) is 23.8 Å². The van der Waals surface area contributed by atoms with E-state index in [0.29, 0.717) is 0 Å². The number of thiophene rings is 1. The number of hydrogen-bond acceptors (Lipinski definition) is 6. The van der Waals surface area contributed by atoms with Crippen LogP contribution in [0.15, 0.2) is 35.2 Å². The quantitative estimate of drug-likeness (QED) is 0.584. The lowest BCUT2D eigenvalue weighted by Gasteiger charge is -2.16. The Morgan fingerprint density at radius 2 is 1.96 bits per heavy atom. The first kappa shape index (κ1) is 18.2. The molecule has 4 nitrogen and oxygen atoms in total. The molecule has 0 saturated heterocycles. The van der Waals surface area contributed by atoms with Gasteiger partial charge in [-0.2, -0.15) is 0 Å². The summed E-state index contributed by atoms with van der Waals surface area (Å²) in [6.45, 7) is 6.39. The van der Waals surface area contributed by atoms with E-state index in [9.17, 15) is 5.11 Å². The molecule has 0 saturated carbocycles. The Morgan fingerprint density at radius 1 is 1.20 bits per heavy atom. The number of aliphatic hydroxyl groups is 1. The highest BCUT2D eigenvalue weighted by atomic mass is 32.2. The van der Waals surface area contributed by atoms with Crippen molar-refractivity contribution < 1.29 is 5.11 Å². The van der Waals surface area contributed by atoms with Gasteiger partial charge in [-0.3, -0.25) is 0 Å². The van der Waals surface area contributed by atoms with Crippen molar-refractivity contribution in [3.8, 4) is 0 Å². The lowest BCUT2D eigenvalue weighted by molar-refractivity contribution is 0.271. The molecule has 0 amide bonds. The van der Waals surface area contributed by atoms with E-state index in [1.807, 2.05) is 18.2 Å². The second-order valence-corrected chi connectivity index (χ2v) is 8.24. The molecule has 132 valence electrons. The smallest absolute Gasteiger partial charge is 0.142 e. The summed E-state index contributed by atoms with van der Waals surface area (Å²) in [5.74, 6) is 2.38. The molecule has 0 aliphatic rings. The third-order valence-electron chi connectivity index (χ3n) is 4.24. The molecule has 0 fully saturated rings. The largest absolute Gasteiger partial charge is 0.394 e. The van der Waals surface area contributed by atoms with Crippen LogP contribution in [-0.4, -0.2) is 27.7 Å². The number of fused-ring (bicyclic) bond motifs is 1. The molecule has 6 heteroatoms. The van der Waals surface area contributed by atoms with Crippen molar-refractivity contribution in [2.45, 2.75) is 43.9 Å². The van der Waals surface area contributed by atoms with Crippen molar-refractivity contribution in [1.29, 1.82) is 0 Å². The molecule has 0 bridgehead atoms. The van der Waals surface area contributed by atoms with Crippen LogP contribution >= 0.6 is 23.1 Å². The first-order valence-electron chi connectivity index (χ1n) is 8.44. The summed E-state index contributed by atoms with van der Waals surface area (Å²) >= 11 is 3.44. The second kappa shape index (κ2) is 8.17. The van der Waals surface area contributed by atoms with Gasteiger partial charge in [-0.1, -0.05) is 25.1 Å². The second-order valence-electron chi connectivity index (χ2n) is 5.99. The van der Waals surface area contributed by atoms with E-state index in [1.165, 1.54) is 15.3 Å². The van der Waals surface area contributed by atoms with Crippen molar-refractivity contribution in [3.05, 3.63) is 46.6 Å². The van der Waals surface area contributed by atoms with Crippen LogP contribution in [0.5, 0.6) is 0 Å². The van der Waals surface area contributed by atoms with Gasteiger partial charge in [-0.15, -0.1) is 23.1 Å². The number of nitrogens with zero attached hydrogens (tertiary/aromatic N) is 2. The van der Waals surface area contributed by atoms with Gasteiger partial charge in [-0.25, -0.2) is 9.97 Å². The third kappa shape index (κ3) is 4.14. The zero-order valence-electron chi connectivity index (χ0n) is 14.7. The maximum Gasteiger partial charge on any atom is 0.142 e. The molecule has 1 unspecified atom stereocenters. The molecule has 0 aliphatic heterocycles. The minimum Gasteiger partial charge on any atom is -0.394 e. The molecule has 3 aromatic rings. The molecular weight excluding hydrogens is 350 g/mol. The Balaban J connectivity index is 1.93. The molecule has 0 spiro atoms. The maximum atomic E-state index is 9.55. The van der Waals surface area contributed by atoms with Crippen LogP contribution in [0, 0.1) is 13.8 Å². The minimum absolute atomic E-state index is 0.00679. The van der Waals surface area contributed by atoms with Crippen molar-refractivity contribution >= 4 is 39.1 Å². The SMILES string of the molecule is CCC(CO)Nc1nc(CSc2ccccc2)nc2sc(C)c(C)c12. The van der Waals surface area contributed by atoms with Crippen LogP contribution in [0.3, 0.4) is 0 Å². The number of aliphatic hydroxyl groups excluding tert-OH is 1. The summed E-state index contributed by atoms with van der Waals surface area (Å²) in [4.78, 5) is 13.0. The highest BCUT2D eigenvalue weighted by Gasteiger charge is 2.16. The van der Waals surface area contributed by atoms with Gasteiger partial charge in [-0.05, 0) is 38.0 Å². The van der Waals surface area contributed by atoms with E-state index < -0.39 is 0 Å². The fourth-order valence-corrected chi connectivity index (χ4v) is 4.42. The fourth-order valence-electron chi connectivity index (χ4n) is 2.60. The standard InChI is InChI=1S/C19H23N3OS2/c1-4-14(10-23)20-18-17-12(2)13(3)25-19(17)22-16(21-18)11-24-15-8-6-5-7-9-15/h5-9,14,23H,4,10-11H2,1-3H3,(H,20,21,22). The Bertz CT molecular complexity index is 845. The summed E-state index contributed by atoms with van der Waals surface area (Å²) < 4.78 is 0. The minimum atomic E-state index is 0.00679. The van der Waals surface area contributed by atoms with E-state index in [1.54, 1.807) is 23.1 Å². The van der Waals surface area contributed by atoms with Gasteiger partial charge in [0.2, 0.25) is 0 Å². The van der Waals surface area contributed by atoms with Gasteiger partial charge in [0.25, 0.3) is 0 Å². The van der Waals surface area contributed by atoms with E-state index in [2.05, 4.69) is 38.2 Å². The highest BCUT2D eigenvalue weighted by Crippen LogP contribution is 2.34. The average Bonchev–Trinajstić information content (AvgIpc) is 2.93. The van der Waals surface area contributed by atoms with Crippen LogP contribution in [0.4, 0.5) is 5.82 Å². The third-order valence-corrected chi connectivity index (χ3v) is 6.35. The van der Waals surface area contributed by atoms with E-state index in [0.717, 1.165) is 34.0 Å². The summed E-state index contributed by atoms with van der Waals surface area (Å²) in [6.07, 6.45) is 0.845. The highest BCUT2D eigenvalue weighted by molar-refractivity contribution is 7.98. The molecule has 1 atom stereocenters. The normalized spacial score (nSPS) is 12.5. The number of hydrogen-bond donors (Lipinski definition) is 2. The molecule has 2 N–H and O–H groups in total. The fraction of sp³-hybridized carbons (Fsp3) is 0.368. The monoisotopic (exact) mass is 373 g/mol. The molecule has 2 heterocycles. The van der Waals surface area contributed by atoms with Gasteiger partial charge >= 0.3 is 0 Å². The maximum absolute atomic E-state index is 9.55. The molecule has 0 aliphatic carbocycles. The number of anilines is 1. The van der Waals surface area contributed by atoms with Crippen LogP contribution in [0.1, 0.15) is 29.6 Å². The Morgan fingerprint density at radius 3 is 2.64 bits per heavy atom. The zero-order valence-corrected chi connectivity index (χ0v) is 16.4. The molecule has 3 rings (SSSR count). The van der Waals surface area contributed by atoms with Crippen molar-refractivity contribution in [2.24, 2.45) is 0 Å². The van der Waals surface area contributed by atoms with Crippen LogP contribution in [0.2, 0.25) is 0 Å². The molecule has 2 aromatic heterocycles. The zero-order chi connectivity index (χ0) is 17.8. The predicted octanol–water partition coefficient (Wildman–Crippen LogP) is 4.78. The first-order valence-corrected chi connectivity index (χ1v) is 10.2. The topological polar surface area (TPSA) is 58.0 Å². The summed E-state index contributed by atoms with van der Waals surface area (Å²) in [5, 5.41) is 14.0. The van der Waals surface area contributed by atoms with Gasteiger partial charge < -0.3 is 10.4 Å². The lowest BCUT2D eigenvalue weighted by Crippen LogP contribution is -2.23. The molecule has 25 heavy (non-hydrogen) atoms. The number of nitrogens with one attached hydrogen (secondary N) is 1. The summed E-state index contributed by atoms with van der Waals surface area (Å²) in [6, 6.07) is 10.3. The van der Waals surface area contributed by atoms with Crippen LogP contribution in [0.25, 0.3) is 10.2 Å². The van der Waals surface area contributed by atoms with E-state index in [4.69, 9.17) is 9.97 Å².